The van der Waals surface area contributed by atoms with Crippen LogP contribution in [-0.4, -0.2) is 130 Å². The van der Waals surface area contributed by atoms with Gasteiger partial charge < -0.3 is 54.3 Å². The number of aromatic nitrogens is 2. The first-order chi connectivity index (χ1) is 34.7. The highest BCUT2D eigenvalue weighted by atomic mass is 32.2. The number of aromatic amines is 1. The van der Waals surface area contributed by atoms with E-state index >= 15 is 8.42 Å². The van der Waals surface area contributed by atoms with Gasteiger partial charge in [-0.15, -0.1) is 0 Å². The summed E-state index contributed by atoms with van der Waals surface area (Å²) >= 11 is 0. The van der Waals surface area contributed by atoms with Crippen LogP contribution in [0.25, 0.3) is 11.0 Å². The zero-order chi connectivity index (χ0) is 50.1. The van der Waals surface area contributed by atoms with Crippen molar-refractivity contribution < 1.29 is 46.6 Å². The van der Waals surface area contributed by atoms with Crippen molar-refractivity contribution in [1.29, 1.82) is 0 Å². The molecule has 3 saturated heterocycles. The van der Waals surface area contributed by atoms with E-state index < -0.39 is 44.5 Å². The van der Waals surface area contributed by atoms with E-state index in [0.717, 1.165) is 55.0 Å². The highest BCUT2D eigenvalue weighted by Crippen LogP contribution is 2.56. The summed E-state index contributed by atoms with van der Waals surface area (Å²) in [5, 5.41) is 16.8. The molecule has 5 aliphatic heterocycles. The van der Waals surface area contributed by atoms with Gasteiger partial charge in [-0.05, 0) is 95.5 Å². The van der Waals surface area contributed by atoms with Crippen LogP contribution < -0.4 is 35.1 Å². The number of carbonyl (C=O) groups excluding carboxylic acids is 1. The molecule has 4 fully saturated rings. The molecule has 5 aromatic rings. The third kappa shape index (κ3) is 8.73. The van der Waals surface area contributed by atoms with Gasteiger partial charge in [0.05, 0.1) is 83.5 Å². The number of pyridine rings is 1. The van der Waals surface area contributed by atoms with E-state index in [1.807, 2.05) is 56.9 Å². The minimum atomic E-state index is -4.79. The zero-order valence-corrected chi connectivity index (χ0v) is 41.8. The first-order valence-electron chi connectivity index (χ1n) is 25.1. The number of H-pyrrole nitrogens is 1. The van der Waals surface area contributed by atoms with Crippen LogP contribution in [-0.2, 0) is 24.0 Å². The van der Waals surface area contributed by atoms with E-state index in [1.54, 1.807) is 18.3 Å². The quantitative estimate of drug-likeness (QED) is 0.0777. The van der Waals surface area contributed by atoms with Crippen LogP contribution in [0.4, 0.5) is 28.4 Å². The van der Waals surface area contributed by atoms with Gasteiger partial charge in [-0.3, -0.25) is 19.8 Å². The van der Waals surface area contributed by atoms with Gasteiger partial charge in [0.1, 0.15) is 34.7 Å². The smallest absolute Gasteiger partial charge is 0.297 e. The Bertz CT molecular complexity index is 3000. The van der Waals surface area contributed by atoms with Gasteiger partial charge >= 0.3 is 0 Å². The van der Waals surface area contributed by atoms with Gasteiger partial charge in [-0.2, -0.15) is 4.98 Å². The molecule has 0 bridgehead atoms. The second-order valence-electron chi connectivity index (χ2n) is 20.6. The molecule has 0 unspecified atom stereocenters. The summed E-state index contributed by atoms with van der Waals surface area (Å²) in [4.78, 5) is 40.1. The largest absolute Gasteiger partial charge is 0.491 e. The first kappa shape index (κ1) is 48.1. The molecule has 1 saturated carbocycles. The maximum absolute atomic E-state index is 16.1. The topological polar surface area (TPSA) is 226 Å². The highest BCUT2D eigenvalue weighted by molar-refractivity contribution is 7.91. The van der Waals surface area contributed by atoms with Crippen LogP contribution in [0, 0.1) is 15.5 Å². The Morgan fingerprint density at radius 3 is 2.53 bits per heavy atom. The predicted octanol–water partition coefficient (Wildman–Crippen LogP) is 7.30. The number of carbonyl (C=O) groups is 1. The molecule has 4 N–H and O–H groups in total. The number of piperidine rings is 1. The molecule has 4 atom stereocenters. The van der Waals surface area contributed by atoms with Crippen molar-refractivity contribution in [2.45, 2.75) is 112 Å². The number of primary amides is 1. The summed E-state index contributed by atoms with van der Waals surface area (Å²) in [5.74, 6) is 0.256. The second kappa shape index (κ2) is 19.0. The van der Waals surface area contributed by atoms with Crippen molar-refractivity contribution in [2.24, 2.45) is 11.1 Å². The van der Waals surface area contributed by atoms with Crippen molar-refractivity contribution in [3.8, 4) is 17.4 Å². The third-order valence-electron chi connectivity index (χ3n) is 15.3. The third-order valence-corrected chi connectivity index (χ3v) is 17.0. The van der Waals surface area contributed by atoms with Gasteiger partial charge in [-0.25, -0.2) is 8.42 Å². The Morgan fingerprint density at radius 2 is 1.76 bits per heavy atom. The molecule has 20 heteroatoms. The van der Waals surface area contributed by atoms with Crippen LogP contribution in [0.2, 0.25) is 0 Å². The fourth-order valence-corrected chi connectivity index (χ4v) is 13.5. The van der Waals surface area contributed by atoms with Gasteiger partial charge in [0.15, 0.2) is 11.4 Å². The lowest BCUT2D eigenvalue weighted by molar-refractivity contribution is -0.384. The number of sulfone groups is 1. The van der Waals surface area contributed by atoms with Gasteiger partial charge in [0.25, 0.3) is 11.6 Å². The molecule has 1 aliphatic carbocycles. The molecule has 72 heavy (non-hydrogen) atoms. The Hall–Kier alpha value is -6.19. The minimum Gasteiger partial charge on any atom is -0.491 e. The van der Waals surface area contributed by atoms with Crippen molar-refractivity contribution in [2.75, 3.05) is 74.4 Å². The lowest BCUT2D eigenvalue weighted by Gasteiger charge is -2.57. The lowest BCUT2D eigenvalue weighted by Crippen LogP contribution is -2.58. The number of morpholine rings is 1. The fourth-order valence-electron chi connectivity index (χ4n) is 11.8. The number of amides is 1. The van der Waals surface area contributed by atoms with E-state index in [4.69, 9.17) is 39.1 Å². The molecular formula is C52H62N8O11S. The second-order valence-corrected chi connectivity index (χ2v) is 22.4. The standard InChI is InChI=1S/C52H62N8O11S/c1-30(2)68-26-33-27-69-44-23-35(22-40(60(62)63)46(44)55-33)72(64,65)48-39(10-9-37(49(53)61)47(48)59-38-12-19-66-29-45(38)71-51-41(59)21-32-11-15-54-50(32)56-51)57-16-13-52(14-17-57)24-34(25-52)58-18-20-67-28-42(58)36-7-5-6-8-43(36)70-31(3)4/h5-11,15,21-23,30-31,33-34,38,42,45,55H,12-14,16-20,24-29H2,1-4H3,(H2,53,61)(H,54,56)/t33-,38+,42+,45+/m1/s1. The SMILES string of the molecule is CC(C)OC[C@@H]1COc2cc(S(=O)(=O)c3c(N4CCC5(CC4)CC(N4CCOC[C@H]4c4ccccc4OC(C)C)C5)ccc(C(N)=O)c3N3c4cc5cc[nH]c5nc4O[C@H]4COCC[C@@H]43)cc([N+](=O)[O-])c2N1. The number of hydrogen-bond acceptors (Lipinski definition) is 16. The Kier molecular flexibility index (Phi) is 12.7. The van der Waals surface area contributed by atoms with Crippen LogP contribution in [0.1, 0.15) is 81.8 Å². The molecule has 3 aromatic carbocycles. The molecule has 7 heterocycles. The van der Waals surface area contributed by atoms with Crippen LogP contribution in [0.15, 0.2) is 76.7 Å². The fraction of sp³-hybridized carbons (Fsp3) is 0.500. The predicted molar refractivity (Wildman–Crippen MR) is 269 cm³/mol. The summed E-state index contributed by atoms with van der Waals surface area (Å²) in [6.45, 7) is 11.7. The number of benzene rings is 3. The van der Waals surface area contributed by atoms with Crippen molar-refractivity contribution >= 4 is 55.2 Å². The normalized spacial score (nSPS) is 23.1. The molecule has 382 valence electrons. The molecule has 11 rings (SSSR count). The van der Waals surface area contributed by atoms with Crippen molar-refractivity contribution in [1.82, 2.24) is 14.9 Å². The number of nitrogens with two attached hydrogens (primary N) is 1. The van der Waals surface area contributed by atoms with Gasteiger partial charge in [0, 0.05) is 61.6 Å². The average Bonchev–Trinajstić information content (AvgIpc) is 3.82. The number of hydrogen-bond donors (Lipinski definition) is 3. The zero-order valence-electron chi connectivity index (χ0n) is 41.0. The van der Waals surface area contributed by atoms with Crippen LogP contribution in [0.3, 0.4) is 0 Å². The number of nitrogens with one attached hydrogen (secondary N) is 2. The number of nitrogens with zero attached hydrogens (tertiary/aromatic N) is 5. The van der Waals surface area contributed by atoms with Crippen LogP contribution in [0.5, 0.6) is 17.4 Å². The number of nitro benzene ring substituents is 1. The van der Waals surface area contributed by atoms with Crippen molar-refractivity contribution in [3.63, 3.8) is 0 Å². The lowest BCUT2D eigenvalue weighted by atomic mass is 9.59. The van der Waals surface area contributed by atoms with E-state index in [-0.39, 0.29) is 81.8 Å². The molecular weight excluding hydrogens is 945 g/mol. The Balaban J connectivity index is 0.992. The molecule has 2 aromatic heterocycles. The Morgan fingerprint density at radius 1 is 0.972 bits per heavy atom. The average molecular weight is 1010 g/mol. The summed E-state index contributed by atoms with van der Waals surface area (Å²) in [7, 11) is -4.79. The molecule has 1 spiro atoms. The Labute approximate surface area is 418 Å². The van der Waals surface area contributed by atoms with E-state index in [0.29, 0.717) is 62.4 Å². The van der Waals surface area contributed by atoms with E-state index in [2.05, 4.69) is 32.2 Å². The summed E-state index contributed by atoms with van der Waals surface area (Å²) < 4.78 is 68.9. The molecule has 6 aliphatic rings. The van der Waals surface area contributed by atoms with E-state index in [1.165, 1.54) is 6.07 Å². The highest BCUT2D eigenvalue weighted by Gasteiger charge is 2.51. The van der Waals surface area contributed by atoms with Gasteiger partial charge in [0.2, 0.25) is 15.7 Å². The van der Waals surface area contributed by atoms with Crippen LogP contribution >= 0.6 is 0 Å². The minimum absolute atomic E-state index is 0.0101. The van der Waals surface area contributed by atoms with E-state index in [9.17, 15) is 14.9 Å². The summed E-state index contributed by atoms with van der Waals surface area (Å²) in [6, 6.07) is 17.0. The maximum Gasteiger partial charge on any atom is 0.297 e. The number of nitro groups is 1. The first-order valence-corrected chi connectivity index (χ1v) is 26.6. The summed E-state index contributed by atoms with van der Waals surface area (Å²) in [6.07, 6.45) is 5.05. The molecule has 0 radical (unpaired) electrons. The number of para-hydroxylation sites is 1. The summed E-state index contributed by atoms with van der Waals surface area (Å²) in [5.41, 5.74) is 8.38. The maximum atomic E-state index is 16.1. The monoisotopic (exact) mass is 1010 g/mol. The molecule has 1 amide bonds. The number of rotatable bonds is 13. The van der Waals surface area contributed by atoms with Crippen molar-refractivity contribution in [3.05, 3.63) is 88.1 Å². The number of ether oxygens (including phenoxy) is 6. The number of anilines is 4. The number of fused-ring (bicyclic) bond motifs is 4. The van der Waals surface area contributed by atoms with Gasteiger partial charge in [-0.1, -0.05) is 18.2 Å². The molecule has 19 nitrogen and oxygen atoms in total.